The standard InChI is InChI=1S/C10H13NO4S/c1-15-5-4-11(7-9(12)13)10(14)8-3-2-6-16-8/h2-3,6H,4-5,7H2,1H3,(H,12,13). The first-order valence-corrected chi connectivity index (χ1v) is 5.56. The van der Waals surface area contributed by atoms with Crippen LogP contribution in [0.2, 0.25) is 0 Å². The normalized spacial score (nSPS) is 10.1. The Bertz CT molecular complexity index is 350. The molecule has 1 amide bonds. The molecule has 0 aliphatic carbocycles. The molecule has 0 atom stereocenters. The van der Waals surface area contributed by atoms with Gasteiger partial charge in [0, 0.05) is 13.7 Å². The first-order chi connectivity index (χ1) is 7.65. The summed E-state index contributed by atoms with van der Waals surface area (Å²) in [5.41, 5.74) is 0. The van der Waals surface area contributed by atoms with Gasteiger partial charge in [0.2, 0.25) is 0 Å². The summed E-state index contributed by atoms with van der Waals surface area (Å²) in [5.74, 6) is -1.30. The molecule has 0 aliphatic heterocycles. The van der Waals surface area contributed by atoms with E-state index >= 15 is 0 Å². The molecule has 0 saturated carbocycles. The second kappa shape index (κ2) is 6.24. The van der Waals surface area contributed by atoms with Crippen molar-refractivity contribution in [1.29, 1.82) is 0 Å². The van der Waals surface area contributed by atoms with Crippen molar-refractivity contribution in [3.63, 3.8) is 0 Å². The van der Waals surface area contributed by atoms with Crippen molar-refractivity contribution in [2.45, 2.75) is 0 Å². The molecule has 0 spiro atoms. The van der Waals surface area contributed by atoms with Crippen LogP contribution in [0, 0.1) is 0 Å². The van der Waals surface area contributed by atoms with E-state index in [9.17, 15) is 9.59 Å². The van der Waals surface area contributed by atoms with Crippen molar-refractivity contribution in [3.8, 4) is 0 Å². The molecule has 5 nitrogen and oxygen atoms in total. The molecule has 0 radical (unpaired) electrons. The van der Waals surface area contributed by atoms with Crippen LogP contribution in [0.25, 0.3) is 0 Å². The van der Waals surface area contributed by atoms with Crippen molar-refractivity contribution >= 4 is 23.2 Å². The van der Waals surface area contributed by atoms with Gasteiger partial charge in [0.25, 0.3) is 5.91 Å². The van der Waals surface area contributed by atoms with Gasteiger partial charge in [-0.25, -0.2) is 0 Å². The first kappa shape index (κ1) is 12.7. The fourth-order valence-corrected chi connectivity index (χ4v) is 1.86. The summed E-state index contributed by atoms with van der Waals surface area (Å²) in [5, 5.41) is 10.5. The molecule has 16 heavy (non-hydrogen) atoms. The number of carboxylic acids is 1. The highest BCUT2D eigenvalue weighted by molar-refractivity contribution is 7.12. The highest BCUT2D eigenvalue weighted by Gasteiger charge is 2.18. The minimum absolute atomic E-state index is 0.269. The molecule has 6 heteroatoms. The van der Waals surface area contributed by atoms with Crippen LogP contribution in [-0.2, 0) is 9.53 Å². The van der Waals surface area contributed by atoms with Gasteiger partial charge in [-0.15, -0.1) is 11.3 Å². The maximum Gasteiger partial charge on any atom is 0.323 e. The Kier molecular flexibility index (Phi) is 4.94. The van der Waals surface area contributed by atoms with Crippen LogP contribution in [-0.4, -0.2) is 48.7 Å². The van der Waals surface area contributed by atoms with Gasteiger partial charge >= 0.3 is 5.97 Å². The van der Waals surface area contributed by atoms with Gasteiger partial charge in [0.15, 0.2) is 0 Å². The lowest BCUT2D eigenvalue weighted by molar-refractivity contribution is -0.137. The van der Waals surface area contributed by atoms with Crippen LogP contribution >= 0.6 is 11.3 Å². The molecule has 0 fully saturated rings. The number of hydrogen-bond acceptors (Lipinski definition) is 4. The molecular weight excluding hydrogens is 230 g/mol. The highest BCUT2D eigenvalue weighted by Crippen LogP contribution is 2.11. The van der Waals surface area contributed by atoms with Gasteiger partial charge in [-0.2, -0.15) is 0 Å². The number of methoxy groups -OCH3 is 1. The molecule has 0 unspecified atom stereocenters. The monoisotopic (exact) mass is 243 g/mol. The third kappa shape index (κ3) is 3.63. The van der Waals surface area contributed by atoms with E-state index in [0.29, 0.717) is 11.5 Å². The number of hydrogen-bond donors (Lipinski definition) is 1. The number of aliphatic carboxylic acids is 1. The van der Waals surface area contributed by atoms with Crippen LogP contribution < -0.4 is 0 Å². The van der Waals surface area contributed by atoms with Gasteiger partial charge in [-0.05, 0) is 11.4 Å². The number of amides is 1. The van der Waals surface area contributed by atoms with Gasteiger partial charge < -0.3 is 14.7 Å². The highest BCUT2D eigenvalue weighted by atomic mass is 32.1. The van der Waals surface area contributed by atoms with E-state index in [1.807, 2.05) is 0 Å². The number of carboxylic acid groups (broad SMARTS) is 1. The van der Waals surface area contributed by atoms with E-state index in [2.05, 4.69) is 0 Å². The Morgan fingerprint density at radius 3 is 2.81 bits per heavy atom. The van der Waals surface area contributed by atoms with Crippen molar-refractivity contribution in [2.24, 2.45) is 0 Å². The molecular formula is C10H13NO4S. The predicted octanol–water partition coefficient (Wildman–Crippen LogP) is 0.921. The number of carbonyl (C=O) groups excluding carboxylic acids is 1. The topological polar surface area (TPSA) is 66.8 Å². The van der Waals surface area contributed by atoms with E-state index in [1.165, 1.54) is 23.3 Å². The Labute approximate surface area is 97.3 Å². The second-order valence-electron chi connectivity index (χ2n) is 3.09. The van der Waals surface area contributed by atoms with Gasteiger partial charge in [0.05, 0.1) is 11.5 Å². The Morgan fingerprint density at radius 2 is 2.31 bits per heavy atom. The minimum Gasteiger partial charge on any atom is -0.480 e. The summed E-state index contributed by atoms with van der Waals surface area (Å²) in [6, 6.07) is 3.43. The molecule has 0 aromatic carbocycles. The number of ether oxygens (including phenoxy) is 1. The fourth-order valence-electron chi connectivity index (χ4n) is 1.17. The van der Waals surface area contributed by atoms with Gasteiger partial charge in [-0.3, -0.25) is 9.59 Å². The summed E-state index contributed by atoms with van der Waals surface area (Å²) in [4.78, 5) is 24.3. The number of carbonyl (C=O) groups is 2. The number of nitrogens with zero attached hydrogens (tertiary/aromatic N) is 1. The molecule has 0 aliphatic rings. The zero-order valence-electron chi connectivity index (χ0n) is 8.88. The van der Waals surface area contributed by atoms with Crippen LogP contribution in [0.5, 0.6) is 0 Å². The fraction of sp³-hybridized carbons (Fsp3) is 0.400. The largest absolute Gasteiger partial charge is 0.480 e. The SMILES string of the molecule is COCCN(CC(=O)O)C(=O)c1cccs1. The smallest absolute Gasteiger partial charge is 0.323 e. The molecule has 0 bridgehead atoms. The zero-order valence-corrected chi connectivity index (χ0v) is 9.70. The molecule has 1 aromatic rings. The zero-order chi connectivity index (χ0) is 12.0. The van der Waals surface area contributed by atoms with E-state index in [0.717, 1.165) is 0 Å². The summed E-state index contributed by atoms with van der Waals surface area (Å²) >= 11 is 1.29. The number of thiophene rings is 1. The average Bonchev–Trinajstić information content (AvgIpc) is 2.76. The van der Waals surface area contributed by atoms with E-state index in [-0.39, 0.29) is 19.0 Å². The Morgan fingerprint density at radius 1 is 1.56 bits per heavy atom. The van der Waals surface area contributed by atoms with Crippen molar-refractivity contribution in [2.75, 3.05) is 26.8 Å². The molecule has 0 saturated heterocycles. The van der Waals surface area contributed by atoms with Crippen LogP contribution in [0.1, 0.15) is 9.67 Å². The average molecular weight is 243 g/mol. The molecule has 1 aromatic heterocycles. The molecule has 1 rings (SSSR count). The van der Waals surface area contributed by atoms with Gasteiger partial charge in [-0.1, -0.05) is 6.07 Å². The van der Waals surface area contributed by atoms with E-state index < -0.39 is 5.97 Å². The summed E-state index contributed by atoms with van der Waals surface area (Å²) in [7, 11) is 1.51. The van der Waals surface area contributed by atoms with Crippen molar-refractivity contribution < 1.29 is 19.4 Å². The molecule has 88 valence electrons. The molecule has 1 heterocycles. The summed E-state index contributed by atoms with van der Waals surface area (Å²) in [6.45, 7) is 0.296. The third-order valence-electron chi connectivity index (χ3n) is 1.91. The summed E-state index contributed by atoms with van der Waals surface area (Å²) < 4.78 is 4.84. The van der Waals surface area contributed by atoms with E-state index in [1.54, 1.807) is 17.5 Å². The van der Waals surface area contributed by atoms with Crippen LogP contribution in [0.4, 0.5) is 0 Å². The third-order valence-corrected chi connectivity index (χ3v) is 2.77. The van der Waals surface area contributed by atoms with Gasteiger partial charge in [0.1, 0.15) is 6.54 Å². The maximum absolute atomic E-state index is 11.9. The second-order valence-corrected chi connectivity index (χ2v) is 4.04. The van der Waals surface area contributed by atoms with Crippen LogP contribution in [0.15, 0.2) is 17.5 Å². The van der Waals surface area contributed by atoms with Crippen molar-refractivity contribution in [1.82, 2.24) is 4.90 Å². The lowest BCUT2D eigenvalue weighted by Gasteiger charge is -2.19. The summed E-state index contributed by atoms with van der Waals surface area (Å²) in [6.07, 6.45) is 0. The number of rotatable bonds is 6. The van der Waals surface area contributed by atoms with Crippen molar-refractivity contribution in [3.05, 3.63) is 22.4 Å². The quantitative estimate of drug-likeness (QED) is 0.806. The lowest BCUT2D eigenvalue weighted by Crippen LogP contribution is -2.37. The van der Waals surface area contributed by atoms with Crippen LogP contribution in [0.3, 0.4) is 0 Å². The Balaban J connectivity index is 2.67. The molecule has 1 N–H and O–H groups in total. The van der Waals surface area contributed by atoms with E-state index in [4.69, 9.17) is 9.84 Å². The maximum atomic E-state index is 11.9. The lowest BCUT2D eigenvalue weighted by atomic mass is 10.3. The Hall–Kier alpha value is -1.40. The minimum atomic E-state index is -1.03. The first-order valence-electron chi connectivity index (χ1n) is 4.68. The predicted molar refractivity (Wildman–Crippen MR) is 59.7 cm³/mol.